The summed E-state index contributed by atoms with van der Waals surface area (Å²) < 4.78 is 0. The van der Waals surface area contributed by atoms with Crippen molar-refractivity contribution in [2.24, 2.45) is 5.16 Å². The third kappa shape index (κ3) is 3.69. The van der Waals surface area contributed by atoms with Crippen molar-refractivity contribution in [3.8, 4) is 17.2 Å². The Labute approximate surface area is 158 Å². The van der Waals surface area contributed by atoms with E-state index in [-0.39, 0.29) is 18.6 Å². The lowest BCUT2D eigenvalue weighted by Crippen LogP contribution is -2.37. The summed E-state index contributed by atoms with van der Waals surface area (Å²) in [5.74, 6) is -0.149. The van der Waals surface area contributed by atoms with Gasteiger partial charge in [-0.05, 0) is 41.8 Å². The summed E-state index contributed by atoms with van der Waals surface area (Å²) in [5.41, 5.74) is 4.76. The third-order valence-electron chi connectivity index (χ3n) is 4.85. The number of benzene rings is 2. The average molecular weight is 363 g/mol. The van der Waals surface area contributed by atoms with E-state index in [9.17, 15) is 15.2 Å². The van der Waals surface area contributed by atoms with E-state index in [4.69, 9.17) is 4.84 Å². The SMILES string of the molecule is CO/N=C1/C[C@@H](CO)N(C(=O)c2ccc(-c3cccc(C#N)c3C)cc2)C1. The highest BCUT2D eigenvalue weighted by molar-refractivity contribution is 6.00. The summed E-state index contributed by atoms with van der Waals surface area (Å²) in [6.45, 7) is 2.15. The number of aliphatic hydroxyl groups excluding tert-OH is 1. The van der Waals surface area contributed by atoms with Crippen molar-refractivity contribution in [2.75, 3.05) is 20.3 Å². The van der Waals surface area contributed by atoms with Crippen molar-refractivity contribution in [3.63, 3.8) is 0 Å². The summed E-state index contributed by atoms with van der Waals surface area (Å²) in [4.78, 5) is 19.3. The van der Waals surface area contributed by atoms with Crippen LogP contribution in [0.2, 0.25) is 0 Å². The lowest BCUT2D eigenvalue weighted by molar-refractivity contribution is 0.0680. The van der Waals surface area contributed by atoms with Gasteiger partial charge in [0.05, 0.1) is 36.5 Å². The molecule has 0 spiro atoms. The van der Waals surface area contributed by atoms with Crippen LogP contribution in [0.1, 0.15) is 27.9 Å². The topological polar surface area (TPSA) is 85.9 Å². The van der Waals surface area contributed by atoms with Gasteiger partial charge in [-0.1, -0.05) is 29.4 Å². The van der Waals surface area contributed by atoms with E-state index < -0.39 is 0 Å². The van der Waals surface area contributed by atoms with Crippen LogP contribution in [0.25, 0.3) is 11.1 Å². The van der Waals surface area contributed by atoms with Crippen molar-refractivity contribution < 1.29 is 14.7 Å². The zero-order valence-corrected chi connectivity index (χ0v) is 15.3. The second-order valence-corrected chi connectivity index (χ2v) is 6.48. The Morgan fingerprint density at radius 1 is 1.33 bits per heavy atom. The summed E-state index contributed by atoms with van der Waals surface area (Å²) >= 11 is 0. The molecule has 0 radical (unpaired) electrons. The maximum atomic E-state index is 12.9. The van der Waals surface area contributed by atoms with Gasteiger partial charge in [-0.3, -0.25) is 4.79 Å². The van der Waals surface area contributed by atoms with Crippen molar-refractivity contribution in [1.29, 1.82) is 5.26 Å². The maximum Gasteiger partial charge on any atom is 0.254 e. The van der Waals surface area contributed by atoms with Crippen LogP contribution in [0, 0.1) is 18.3 Å². The van der Waals surface area contributed by atoms with Crippen molar-refractivity contribution >= 4 is 11.6 Å². The van der Waals surface area contributed by atoms with Crippen LogP contribution in [-0.2, 0) is 4.84 Å². The molecule has 1 fully saturated rings. The van der Waals surface area contributed by atoms with Crippen LogP contribution in [0.3, 0.4) is 0 Å². The van der Waals surface area contributed by atoms with E-state index >= 15 is 0 Å². The normalized spacial score (nSPS) is 17.8. The van der Waals surface area contributed by atoms with Gasteiger partial charge in [0.25, 0.3) is 5.91 Å². The lowest BCUT2D eigenvalue weighted by Gasteiger charge is -2.22. The highest BCUT2D eigenvalue weighted by atomic mass is 16.6. The molecule has 6 nitrogen and oxygen atoms in total. The summed E-state index contributed by atoms with van der Waals surface area (Å²) in [5, 5.41) is 22.7. The Balaban J connectivity index is 1.84. The molecule has 1 aliphatic rings. The van der Waals surface area contributed by atoms with Gasteiger partial charge in [0.15, 0.2) is 0 Å². The van der Waals surface area contributed by atoms with Crippen LogP contribution in [0.15, 0.2) is 47.6 Å². The maximum absolute atomic E-state index is 12.9. The van der Waals surface area contributed by atoms with Crippen molar-refractivity contribution in [2.45, 2.75) is 19.4 Å². The van der Waals surface area contributed by atoms with Crippen LogP contribution in [0.5, 0.6) is 0 Å². The zero-order valence-electron chi connectivity index (χ0n) is 15.3. The lowest BCUT2D eigenvalue weighted by atomic mass is 9.96. The number of carbonyl (C=O) groups excluding carboxylic acids is 1. The molecule has 6 heteroatoms. The van der Waals surface area contributed by atoms with Gasteiger partial charge in [-0.15, -0.1) is 0 Å². The minimum absolute atomic E-state index is 0.118. The van der Waals surface area contributed by atoms with Gasteiger partial charge in [-0.25, -0.2) is 0 Å². The molecule has 0 aliphatic carbocycles. The summed E-state index contributed by atoms with van der Waals surface area (Å²) in [7, 11) is 1.47. The number of nitrogens with zero attached hydrogens (tertiary/aromatic N) is 3. The van der Waals surface area contributed by atoms with E-state index in [1.54, 1.807) is 23.1 Å². The molecule has 1 heterocycles. The van der Waals surface area contributed by atoms with Crippen molar-refractivity contribution in [3.05, 3.63) is 59.2 Å². The molecule has 0 saturated carbocycles. The molecule has 0 aromatic heterocycles. The first kappa shape index (κ1) is 18.6. The third-order valence-corrected chi connectivity index (χ3v) is 4.85. The molecular formula is C21H21N3O3. The highest BCUT2D eigenvalue weighted by Gasteiger charge is 2.33. The van der Waals surface area contributed by atoms with Gasteiger partial charge in [0.1, 0.15) is 7.11 Å². The second kappa shape index (κ2) is 8.02. The highest BCUT2D eigenvalue weighted by Crippen LogP contribution is 2.26. The van der Waals surface area contributed by atoms with Crippen LogP contribution in [0.4, 0.5) is 0 Å². The molecule has 1 N–H and O–H groups in total. The molecule has 138 valence electrons. The number of amides is 1. The van der Waals surface area contributed by atoms with Crippen molar-refractivity contribution in [1.82, 2.24) is 4.90 Å². The van der Waals surface area contributed by atoms with Gasteiger partial charge in [0, 0.05) is 12.0 Å². The number of oxime groups is 1. The smallest absolute Gasteiger partial charge is 0.254 e. The van der Waals surface area contributed by atoms with Crippen LogP contribution >= 0.6 is 0 Å². The first-order valence-electron chi connectivity index (χ1n) is 8.70. The van der Waals surface area contributed by atoms with E-state index in [1.165, 1.54) is 7.11 Å². The number of nitriles is 1. The molecule has 3 rings (SSSR count). The first-order valence-corrected chi connectivity index (χ1v) is 8.70. The first-order chi connectivity index (χ1) is 13.1. The molecule has 0 unspecified atom stereocenters. The number of rotatable bonds is 4. The molecule has 1 amide bonds. The Morgan fingerprint density at radius 3 is 2.70 bits per heavy atom. The molecule has 2 aromatic carbocycles. The standard InChI is InChI=1S/C21H21N3O3/c1-14-17(11-22)4-3-5-20(14)15-6-8-16(9-7-15)21(26)24-12-18(23-27-2)10-19(24)13-25/h3-9,19,25H,10,12-13H2,1-2H3/b23-18-/t19-/m0/s1. The largest absolute Gasteiger partial charge is 0.399 e. The van der Waals surface area contributed by atoms with E-state index in [2.05, 4.69) is 11.2 Å². The van der Waals surface area contributed by atoms with E-state index in [0.29, 0.717) is 24.1 Å². The molecule has 1 saturated heterocycles. The Hall–Kier alpha value is -3.17. The number of aliphatic hydroxyl groups is 1. The van der Waals surface area contributed by atoms with E-state index in [1.807, 2.05) is 31.2 Å². The second-order valence-electron chi connectivity index (χ2n) is 6.48. The van der Waals surface area contributed by atoms with Gasteiger partial charge < -0.3 is 14.8 Å². The Bertz CT molecular complexity index is 913. The zero-order chi connectivity index (χ0) is 19.4. The quantitative estimate of drug-likeness (QED) is 0.847. The molecule has 1 atom stereocenters. The monoisotopic (exact) mass is 363 g/mol. The summed E-state index contributed by atoms with van der Waals surface area (Å²) in [6, 6.07) is 14.8. The fourth-order valence-electron chi connectivity index (χ4n) is 3.40. The number of hydrogen-bond donors (Lipinski definition) is 1. The molecule has 1 aliphatic heterocycles. The Morgan fingerprint density at radius 2 is 2.07 bits per heavy atom. The van der Waals surface area contributed by atoms with Gasteiger partial charge in [0.2, 0.25) is 0 Å². The van der Waals surface area contributed by atoms with E-state index in [0.717, 1.165) is 22.4 Å². The average Bonchev–Trinajstić information content (AvgIpc) is 3.11. The summed E-state index contributed by atoms with van der Waals surface area (Å²) in [6.07, 6.45) is 0.508. The Kier molecular flexibility index (Phi) is 5.53. The fourth-order valence-corrected chi connectivity index (χ4v) is 3.40. The fraction of sp³-hybridized carbons (Fsp3) is 0.286. The number of carbonyl (C=O) groups is 1. The molecular weight excluding hydrogens is 342 g/mol. The minimum atomic E-state index is -0.291. The van der Waals surface area contributed by atoms with Gasteiger partial charge >= 0.3 is 0 Å². The van der Waals surface area contributed by atoms with Crippen LogP contribution < -0.4 is 0 Å². The predicted molar refractivity (Wildman–Crippen MR) is 102 cm³/mol. The molecule has 27 heavy (non-hydrogen) atoms. The molecule has 0 bridgehead atoms. The molecule has 2 aromatic rings. The minimum Gasteiger partial charge on any atom is -0.399 e. The number of hydrogen-bond acceptors (Lipinski definition) is 5. The predicted octanol–water partition coefficient (Wildman–Crippen LogP) is 2.74. The van der Waals surface area contributed by atoms with Crippen LogP contribution in [-0.4, -0.2) is 47.9 Å². The van der Waals surface area contributed by atoms with Gasteiger partial charge in [-0.2, -0.15) is 5.26 Å². The number of likely N-dealkylation sites (tertiary alicyclic amines) is 1.